The molecule has 1 aromatic heterocycles. The maximum atomic E-state index is 11.0. The highest BCUT2D eigenvalue weighted by molar-refractivity contribution is 5.92. The fourth-order valence-electron chi connectivity index (χ4n) is 0.788. The van der Waals surface area contributed by atoms with Gasteiger partial charge >= 0.3 is 0 Å². The normalized spacial score (nSPS) is 8.57. The van der Waals surface area contributed by atoms with Crippen LogP contribution in [0.1, 0.15) is 37.7 Å². The molecule has 1 heterocycles. The summed E-state index contributed by atoms with van der Waals surface area (Å²) in [4.78, 5) is 14.9. The minimum atomic E-state index is -0.145. The van der Waals surface area contributed by atoms with Gasteiger partial charge in [-0.1, -0.05) is 20.3 Å². The molecule has 3 nitrogen and oxygen atoms in total. The summed E-state index contributed by atoms with van der Waals surface area (Å²) in [6.45, 7) is 6.17. The monoisotopic (exact) mass is 196 g/mol. The Kier molecular flexibility index (Phi) is 6.37. The van der Waals surface area contributed by atoms with Gasteiger partial charge in [-0.2, -0.15) is 0 Å². The number of hydrogen-bond acceptors (Lipinski definition) is 2. The van der Waals surface area contributed by atoms with Crippen LogP contribution >= 0.6 is 0 Å². The van der Waals surface area contributed by atoms with Crippen LogP contribution in [0.2, 0.25) is 0 Å². The van der Waals surface area contributed by atoms with Gasteiger partial charge in [0.1, 0.15) is 5.69 Å². The van der Waals surface area contributed by atoms with Crippen LogP contribution < -0.4 is 5.32 Å². The van der Waals surface area contributed by atoms with E-state index < -0.39 is 0 Å². The molecule has 14 heavy (non-hydrogen) atoms. The molecule has 1 aromatic rings. The highest BCUT2D eigenvalue weighted by Crippen LogP contribution is 1.98. The maximum Gasteiger partial charge on any atom is 0.269 e. The van der Waals surface area contributed by atoms with Crippen LogP contribution in [-0.4, -0.2) is 17.9 Å². The van der Waals surface area contributed by atoms with E-state index in [4.69, 9.17) is 0 Å². The lowest BCUT2D eigenvalue weighted by Gasteiger charge is -1.98. The Hall–Kier alpha value is -1.38. The molecular weight excluding hydrogens is 176 g/mol. The Morgan fingerprint density at radius 2 is 2.14 bits per heavy atom. The predicted molar refractivity (Wildman–Crippen MR) is 60.4 cm³/mol. The van der Waals surface area contributed by atoms with E-state index >= 15 is 0 Å². The van der Waals surface area contributed by atoms with Crippen LogP contribution in [-0.2, 0) is 0 Å². The summed E-state index contributed by atoms with van der Waals surface area (Å²) >= 11 is 0. The van der Waals surface area contributed by atoms with Crippen LogP contribution in [0.5, 0.6) is 0 Å². The molecule has 0 spiro atoms. The van der Waals surface area contributed by atoms with Crippen molar-refractivity contribution in [1.29, 1.82) is 0 Å². The summed E-state index contributed by atoms with van der Waals surface area (Å²) in [5.41, 5.74) is 1.51. The number of aryl methyl sites for hydroxylation is 1. The zero-order valence-electron chi connectivity index (χ0n) is 9.29. The molecule has 1 rings (SSSR count). The summed E-state index contributed by atoms with van der Waals surface area (Å²) in [6, 6.07) is 3.60. The lowest BCUT2D eigenvalue weighted by Crippen LogP contribution is -2.19. The van der Waals surface area contributed by atoms with Crippen LogP contribution in [0.25, 0.3) is 0 Å². The number of nitrogens with zero attached hydrogens (tertiary/aromatic N) is 1. The van der Waals surface area contributed by atoms with Gasteiger partial charge in [-0.3, -0.25) is 9.78 Å². The van der Waals surface area contributed by atoms with E-state index in [1.165, 1.54) is 6.42 Å². The molecule has 1 N–H and O–H groups in total. The molecule has 3 heteroatoms. The largest absolute Gasteiger partial charge is 0.354 e. The van der Waals surface area contributed by atoms with Crippen molar-refractivity contribution in [1.82, 2.24) is 10.3 Å². The van der Waals surface area contributed by atoms with E-state index in [9.17, 15) is 4.79 Å². The third-order valence-electron chi connectivity index (χ3n) is 1.38. The van der Waals surface area contributed by atoms with Crippen molar-refractivity contribution in [2.45, 2.75) is 27.2 Å². The van der Waals surface area contributed by atoms with Crippen molar-refractivity contribution in [3.05, 3.63) is 29.6 Å². The molecule has 0 unspecified atom stereocenters. The molecule has 0 aliphatic heterocycles. The predicted octanol–water partition coefficient (Wildman–Crippen LogP) is 2.41. The topological polar surface area (TPSA) is 42.0 Å². The minimum absolute atomic E-state index is 0. The molecule has 0 saturated heterocycles. The quantitative estimate of drug-likeness (QED) is 0.749. The summed E-state index contributed by atoms with van der Waals surface area (Å²) in [5, 5.41) is 2.51. The van der Waals surface area contributed by atoms with E-state index in [2.05, 4.69) is 24.1 Å². The Labute approximate surface area is 87.0 Å². The molecule has 0 fully saturated rings. The fraction of sp³-hybridized carbons (Fsp3) is 0.455. The highest BCUT2D eigenvalue weighted by Gasteiger charge is 2.02. The lowest BCUT2D eigenvalue weighted by atomic mass is 10.2. The van der Waals surface area contributed by atoms with Crippen molar-refractivity contribution in [3.8, 4) is 0 Å². The van der Waals surface area contributed by atoms with Gasteiger partial charge in [0, 0.05) is 14.7 Å². The van der Waals surface area contributed by atoms with E-state index in [-0.39, 0.29) is 7.33 Å². The molecule has 80 valence electrons. The summed E-state index contributed by atoms with van der Waals surface area (Å²) in [7, 11) is 1.59. The zero-order valence-corrected chi connectivity index (χ0v) is 9.29. The second-order valence-electron chi connectivity index (χ2n) is 3.00. The Bertz CT molecular complexity index is 290. The van der Waals surface area contributed by atoms with Gasteiger partial charge < -0.3 is 5.32 Å². The van der Waals surface area contributed by atoms with Crippen molar-refractivity contribution < 1.29 is 6.22 Å². The summed E-state index contributed by atoms with van der Waals surface area (Å²) < 4.78 is 0. The first kappa shape index (κ1) is 12.6. The molecule has 1 amide bonds. The van der Waals surface area contributed by atoms with Crippen LogP contribution in [0.15, 0.2) is 18.3 Å². The molecule has 0 saturated carbocycles. The van der Waals surface area contributed by atoms with Crippen LogP contribution in [0.3, 0.4) is 0 Å². The average molecular weight is 196 g/mol. The number of aromatic nitrogens is 1. The zero-order chi connectivity index (χ0) is 11.0. The molecule has 0 radical (unpaired) electrons. The van der Waals surface area contributed by atoms with Gasteiger partial charge in [0.15, 0.2) is 0 Å². The second-order valence-corrected chi connectivity index (χ2v) is 3.00. The first-order chi connectivity index (χ1) is 6.65. The molecule has 0 aliphatic carbocycles. The average Bonchev–Trinajstić information content (AvgIpc) is 2.18. The summed E-state index contributed by atoms with van der Waals surface area (Å²) in [5.74, 6) is -0.145. The lowest BCUT2D eigenvalue weighted by molar-refractivity contribution is 0.0958. The van der Waals surface area contributed by atoms with Gasteiger partial charge in [0.2, 0.25) is 0 Å². The molecule has 0 aliphatic rings. The van der Waals surface area contributed by atoms with Crippen molar-refractivity contribution in [2.75, 3.05) is 7.05 Å². The standard InChI is InChI=1S/C8H10N2O.C3H8.H2/c1-6-3-4-10-7(5-6)8(11)9-2;1-3-2;/h3-5H,1-2H3,(H,9,11);3H2,1-2H3;1H. The van der Waals surface area contributed by atoms with E-state index in [1.807, 2.05) is 13.0 Å². The number of nitrogens with one attached hydrogen (secondary N) is 1. The number of rotatable bonds is 1. The maximum absolute atomic E-state index is 11.0. The third-order valence-corrected chi connectivity index (χ3v) is 1.38. The fourth-order valence-corrected chi connectivity index (χ4v) is 0.788. The van der Waals surface area contributed by atoms with E-state index in [1.54, 1.807) is 19.3 Å². The first-order valence-electron chi connectivity index (χ1n) is 4.80. The SMILES string of the molecule is CCC.CNC(=O)c1cc(C)ccn1.[HH]. The number of pyridine rings is 1. The molecular formula is C11H20N2O. The molecule has 0 atom stereocenters. The summed E-state index contributed by atoms with van der Waals surface area (Å²) in [6.07, 6.45) is 2.87. The Morgan fingerprint density at radius 3 is 2.57 bits per heavy atom. The van der Waals surface area contributed by atoms with Gasteiger partial charge in [-0.05, 0) is 24.6 Å². The minimum Gasteiger partial charge on any atom is -0.354 e. The van der Waals surface area contributed by atoms with Crippen LogP contribution in [0, 0.1) is 6.92 Å². The first-order valence-corrected chi connectivity index (χ1v) is 4.80. The third kappa shape index (κ3) is 4.60. The second kappa shape index (κ2) is 7.06. The van der Waals surface area contributed by atoms with Gasteiger partial charge in [-0.25, -0.2) is 0 Å². The number of amides is 1. The van der Waals surface area contributed by atoms with Crippen molar-refractivity contribution in [2.24, 2.45) is 0 Å². The van der Waals surface area contributed by atoms with Gasteiger partial charge in [-0.15, -0.1) is 0 Å². The van der Waals surface area contributed by atoms with E-state index in [0.717, 1.165) is 5.56 Å². The van der Waals surface area contributed by atoms with Gasteiger partial charge in [0.05, 0.1) is 0 Å². The van der Waals surface area contributed by atoms with Gasteiger partial charge in [0.25, 0.3) is 5.91 Å². The number of carbonyl (C=O) groups excluding carboxylic acids is 1. The Morgan fingerprint density at radius 1 is 1.57 bits per heavy atom. The van der Waals surface area contributed by atoms with E-state index in [0.29, 0.717) is 5.69 Å². The van der Waals surface area contributed by atoms with Crippen molar-refractivity contribution >= 4 is 5.91 Å². The van der Waals surface area contributed by atoms with Crippen molar-refractivity contribution in [3.63, 3.8) is 0 Å². The number of carbonyl (C=O) groups is 1. The smallest absolute Gasteiger partial charge is 0.269 e. The van der Waals surface area contributed by atoms with Crippen LogP contribution in [0.4, 0.5) is 0 Å². The number of hydrogen-bond donors (Lipinski definition) is 1. The molecule has 0 aromatic carbocycles. The Balaban J connectivity index is 0. The highest BCUT2D eigenvalue weighted by atomic mass is 16.1. The molecule has 0 bridgehead atoms.